The van der Waals surface area contributed by atoms with Gasteiger partial charge in [-0.3, -0.25) is 4.79 Å². The van der Waals surface area contributed by atoms with Crippen LogP contribution in [0.3, 0.4) is 0 Å². The highest BCUT2D eigenvalue weighted by Crippen LogP contribution is 2.40. The first kappa shape index (κ1) is 18.3. The van der Waals surface area contributed by atoms with Crippen molar-refractivity contribution in [3.8, 4) is 5.75 Å². The number of Topliss-reactive ketones (excluding diaryl/α,β-unsaturated/α-hetero) is 1. The predicted octanol–water partition coefficient (Wildman–Crippen LogP) is 5.29. The van der Waals surface area contributed by atoms with E-state index in [0.717, 1.165) is 11.1 Å². The van der Waals surface area contributed by atoms with Gasteiger partial charge in [-0.1, -0.05) is 48.1 Å². The number of phenolic OH excluding ortho intramolecular Hbond substituents is 1. The van der Waals surface area contributed by atoms with Gasteiger partial charge >= 0.3 is 0 Å². The molecule has 0 aliphatic heterocycles. The van der Waals surface area contributed by atoms with E-state index < -0.39 is 0 Å². The molecule has 0 aliphatic rings. The Labute approximate surface area is 134 Å². The third-order valence-electron chi connectivity index (χ3n) is 3.71. The van der Waals surface area contributed by atoms with Gasteiger partial charge in [-0.2, -0.15) is 0 Å². The summed E-state index contributed by atoms with van der Waals surface area (Å²) in [4.78, 5) is 12.4. The minimum Gasteiger partial charge on any atom is -0.507 e. The van der Waals surface area contributed by atoms with Crippen LogP contribution < -0.4 is 0 Å². The first-order valence-corrected chi connectivity index (χ1v) is 7.74. The number of hydrogen-bond donors (Lipinski definition) is 1. The van der Waals surface area contributed by atoms with Gasteiger partial charge in [0.2, 0.25) is 0 Å². The lowest BCUT2D eigenvalue weighted by molar-refractivity contribution is 0.0983. The zero-order valence-corrected chi connectivity index (χ0v) is 14.7. The number of rotatable bonds is 4. The summed E-state index contributed by atoms with van der Waals surface area (Å²) >= 11 is 0. The van der Waals surface area contributed by atoms with Crippen LogP contribution in [0, 0.1) is 0 Å². The van der Waals surface area contributed by atoms with Crippen molar-refractivity contribution in [1.29, 1.82) is 0 Å². The van der Waals surface area contributed by atoms with Crippen LogP contribution >= 0.6 is 0 Å². The molecule has 0 fully saturated rings. The summed E-state index contributed by atoms with van der Waals surface area (Å²) in [5, 5.41) is 10.6. The van der Waals surface area contributed by atoms with E-state index in [2.05, 4.69) is 12.3 Å². The maximum absolute atomic E-state index is 12.4. The summed E-state index contributed by atoms with van der Waals surface area (Å²) in [5.74, 6) is 0.394. The minimum absolute atomic E-state index is 0.0856. The number of hydrogen-bond acceptors (Lipinski definition) is 2. The average molecular weight is 300 g/mol. The molecule has 0 saturated carbocycles. The molecule has 0 saturated heterocycles. The second-order valence-corrected chi connectivity index (χ2v) is 7.79. The molecule has 1 rings (SSSR count). The molecule has 0 spiro atoms. The van der Waals surface area contributed by atoms with Crippen LogP contribution in [0.15, 0.2) is 30.5 Å². The summed E-state index contributed by atoms with van der Waals surface area (Å²) < 4.78 is 0. The van der Waals surface area contributed by atoms with Gasteiger partial charge in [-0.05, 0) is 35.5 Å². The van der Waals surface area contributed by atoms with Gasteiger partial charge in [-0.25, -0.2) is 0 Å². The van der Waals surface area contributed by atoms with Crippen molar-refractivity contribution in [1.82, 2.24) is 0 Å². The van der Waals surface area contributed by atoms with Gasteiger partial charge in [0.25, 0.3) is 0 Å². The highest BCUT2D eigenvalue weighted by Gasteiger charge is 2.27. The van der Waals surface area contributed by atoms with Gasteiger partial charge in [0.1, 0.15) is 5.75 Å². The molecule has 120 valence electrons. The van der Waals surface area contributed by atoms with Crippen molar-refractivity contribution in [3.05, 3.63) is 47.2 Å². The van der Waals surface area contributed by atoms with Crippen LogP contribution in [-0.4, -0.2) is 10.9 Å². The smallest absolute Gasteiger partial charge is 0.163 e. The molecule has 2 nitrogen and oxygen atoms in total. The first-order chi connectivity index (χ1) is 9.98. The summed E-state index contributed by atoms with van der Waals surface area (Å²) in [6.45, 7) is 15.8. The van der Waals surface area contributed by atoms with Gasteiger partial charge < -0.3 is 5.11 Å². The number of phenols is 1. The standard InChI is InChI=1S/C20H28O2/c1-8-9-10-11-17(21)14-12-15(19(2,3)4)18(22)16(13-14)20(5,6)7/h9,12-13,22H,1,10-11H2,2-7H3. The van der Waals surface area contributed by atoms with Gasteiger partial charge in [-0.15, -0.1) is 5.73 Å². The normalized spacial score (nSPS) is 11.9. The second kappa shape index (κ2) is 6.54. The topological polar surface area (TPSA) is 37.3 Å². The third kappa shape index (κ3) is 4.35. The second-order valence-electron chi connectivity index (χ2n) is 7.79. The molecule has 0 aliphatic carbocycles. The fourth-order valence-electron chi connectivity index (χ4n) is 2.39. The Morgan fingerprint density at radius 2 is 1.59 bits per heavy atom. The van der Waals surface area contributed by atoms with E-state index in [1.807, 2.05) is 53.7 Å². The molecule has 0 atom stereocenters. The fourth-order valence-corrected chi connectivity index (χ4v) is 2.39. The molecular weight excluding hydrogens is 272 g/mol. The van der Waals surface area contributed by atoms with E-state index in [1.165, 1.54) is 0 Å². The van der Waals surface area contributed by atoms with E-state index >= 15 is 0 Å². The predicted molar refractivity (Wildman–Crippen MR) is 92.8 cm³/mol. The van der Waals surface area contributed by atoms with E-state index in [4.69, 9.17) is 0 Å². The first-order valence-electron chi connectivity index (χ1n) is 7.74. The number of benzene rings is 1. The SMILES string of the molecule is C=C=CCCC(=O)c1cc(C(C)(C)C)c(O)c(C(C)(C)C)c1. The molecule has 0 amide bonds. The van der Waals surface area contributed by atoms with E-state index in [0.29, 0.717) is 24.2 Å². The number of aromatic hydroxyl groups is 1. The largest absolute Gasteiger partial charge is 0.507 e. The Morgan fingerprint density at radius 3 is 1.95 bits per heavy atom. The van der Waals surface area contributed by atoms with Crippen molar-refractivity contribution in [2.24, 2.45) is 0 Å². The van der Waals surface area contributed by atoms with Crippen LogP contribution in [0.1, 0.15) is 75.9 Å². The fraction of sp³-hybridized carbons (Fsp3) is 0.500. The van der Waals surface area contributed by atoms with Crippen molar-refractivity contribution in [2.45, 2.75) is 65.2 Å². The quantitative estimate of drug-likeness (QED) is 0.606. The van der Waals surface area contributed by atoms with E-state index in [1.54, 1.807) is 6.08 Å². The minimum atomic E-state index is -0.221. The number of carbonyl (C=O) groups is 1. The van der Waals surface area contributed by atoms with E-state index in [-0.39, 0.29) is 16.6 Å². The van der Waals surface area contributed by atoms with E-state index in [9.17, 15) is 9.90 Å². The lowest BCUT2D eigenvalue weighted by Crippen LogP contribution is -2.18. The number of carbonyl (C=O) groups excluding carboxylic acids is 1. The average Bonchev–Trinajstić information content (AvgIpc) is 2.36. The summed E-state index contributed by atoms with van der Waals surface area (Å²) in [6, 6.07) is 3.68. The molecule has 0 unspecified atom stereocenters. The molecular formula is C20H28O2. The molecule has 0 heterocycles. The number of allylic oxidation sites excluding steroid dienone is 1. The Balaban J connectivity index is 3.41. The third-order valence-corrected chi connectivity index (χ3v) is 3.71. The Morgan fingerprint density at radius 1 is 1.14 bits per heavy atom. The molecule has 1 aromatic carbocycles. The Hall–Kier alpha value is -1.79. The zero-order valence-electron chi connectivity index (χ0n) is 14.7. The summed E-state index contributed by atoms with van der Waals surface area (Å²) in [5.41, 5.74) is 4.56. The molecule has 2 heteroatoms. The summed E-state index contributed by atoms with van der Waals surface area (Å²) in [6.07, 6.45) is 2.84. The Bertz CT molecular complexity index is 569. The van der Waals surface area contributed by atoms with Gasteiger partial charge in [0, 0.05) is 23.1 Å². The van der Waals surface area contributed by atoms with Crippen LogP contribution in [0.5, 0.6) is 5.75 Å². The van der Waals surface area contributed by atoms with Crippen LogP contribution in [0.4, 0.5) is 0 Å². The molecule has 1 N–H and O–H groups in total. The number of ketones is 1. The zero-order chi connectivity index (χ0) is 17.1. The van der Waals surface area contributed by atoms with Crippen molar-refractivity contribution < 1.29 is 9.90 Å². The monoisotopic (exact) mass is 300 g/mol. The highest BCUT2D eigenvalue weighted by atomic mass is 16.3. The van der Waals surface area contributed by atoms with Gasteiger partial charge in [0.15, 0.2) is 5.78 Å². The lowest BCUT2D eigenvalue weighted by Gasteiger charge is -2.28. The molecule has 1 aromatic rings. The lowest BCUT2D eigenvalue weighted by atomic mass is 9.78. The molecule has 0 aromatic heterocycles. The van der Waals surface area contributed by atoms with Crippen molar-refractivity contribution in [2.75, 3.05) is 0 Å². The Kier molecular flexibility index (Phi) is 5.43. The van der Waals surface area contributed by atoms with Crippen molar-refractivity contribution in [3.63, 3.8) is 0 Å². The van der Waals surface area contributed by atoms with Crippen LogP contribution in [0.2, 0.25) is 0 Å². The van der Waals surface area contributed by atoms with Crippen molar-refractivity contribution >= 4 is 5.78 Å². The van der Waals surface area contributed by atoms with Gasteiger partial charge in [0.05, 0.1) is 0 Å². The summed E-state index contributed by atoms with van der Waals surface area (Å²) in [7, 11) is 0. The maximum atomic E-state index is 12.4. The van der Waals surface area contributed by atoms with Crippen LogP contribution in [-0.2, 0) is 10.8 Å². The van der Waals surface area contributed by atoms with Crippen LogP contribution in [0.25, 0.3) is 0 Å². The highest BCUT2D eigenvalue weighted by molar-refractivity contribution is 5.97. The molecule has 0 radical (unpaired) electrons. The maximum Gasteiger partial charge on any atom is 0.163 e. The molecule has 0 bridgehead atoms. The molecule has 22 heavy (non-hydrogen) atoms.